The fraction of sp³-hybridized carbons (Fsp3) is 0.571. The van der Waals surface area contributed by atoms with Gasteiger partial charge in [-0.2, -0.15) is 0 Å². The van der Waals surface area contributed by atoms with Crippen molar-refractivity contribution >= 4 is 11.8 Å². The molecule has 0 saturated heterocycles. The molecule has 0 aliphatic carbocycles. The second-order valence-electron chi connectivity index (χ2n) is 4.48. The summed E-state index contributed by atoms with van der Waals surface area (Å²) >= 11 is 1.97. The summed E-state index contributed by atoms with van der Waals surface area (Å²) in [5.74, 6) is 1.23. The minimum absolute atomic E-state index is 0.615. The smallest absolute Gasteiger partial charge is 0.00745 e. The van der Waals surface area contributed by atoms with Crippen LogP contribution in [0.5, 0.6) is 0 Å². The molecule has 0 atom stereocenters. The number of thioether (sulfide) groups is 1. The van der Waals surface area contributed by atoms with E-state index < -0.39 is 0 Å². The second-order valence-corrected chi connectivity index (χ2v) is 5.65. The maximum atomic E-state index is 3.44. The molecule has 1 aromatic carbocycles. The molecular formula is C14H23NS. The van der Waals surface area contributed by atoms with Crippen molar-refractivity contribution in [2.24, 2.45) is 0 Å². The fourth-order valence-electron chi connectivity index (χ4n) is 1.51. The number of unbranched alkanes of at least 4 members (excludes halogenated alkanes) is 1. The van der Waals surface area contributed by atoms with Crippen molar-refractivity contribution < 1.29 is 0 Å². The highest BCUT2D eigenvalue weighted by molar-refractivity contribution is 7.99. The Bertz CT molecular complexity index is 297. The summed E-state index contributed by atoms with van der Waals surface area (Å²) in [4.78, 5) is 1.40. The minimum Gasteiger partial charge on any atom is -0.315 e. The highest BCUT2D eigenvalue weighted by atomic mass is 32.2. The van der Waals surface area contributed by atoms with E-state index in [1.54, 1.807) is 0 Å². The first-order valence-electron chi connectivity index (χ1n) is 6.11. The predicted octanol–water partition coefficient (Wildman–Crippen LogP) is 3.87. The van der Waals surface area contributed by atoms with Crippen LogP contribution < -0.4 is 5.32 Å². The summed E-state index contributed by atoms with van der Waals surface area (Å²) in [5.41, 5.74) is 1.35. The van der Waals surface area contributed by atoms with Crippen molar-refractivity contribution in [3.8, 4) is 0 Å². The molecule has 0 unspecified atom stereocenters. The van der Waals surface area contributed by atoms with Gasteiger partial charge in [0.1, 0.15) is 0 Å². The monoisotopic (exact) mass is 237 g/mol. The third kappa shape index (κ3) is 6.19. The first kappa shape index (κ1) is 13.6. The Morgan fingerprint density at radius 1 is 1.25 bits per heavy atom. The van der Waals surface area contributed by atoms with Gasteiger partial charge < -0.3 is 5.32 Å². The zero-order chi connectivity index (χ0) is 11.8. The molecule has 0 fully saturated rings. The Labute approximate surface area is 104 Å². The van der Waals surface area contributed by atoms with Gasteiger partial charge in [0.15, 0.2) is 0 Å². The molecule has 0 aliphatic heterocycles. The molecule has 0 saturated carbocycles. The second kappa shape index (κ2) is 7.75. The molecule has 0 aliphatic rings. The van der Waals surface area contributed by atoms with Gasteiger partial charge in [-0.15, -0.1) is 11.8 Å². The van der Waals surface area contributed by atoms with Crippen LogP contribution in [0.1, 0.15) is 32.3 Å². The first-order valence-corrected chi connectivity index (χ1v) is 7.10. The fourth-order valence-corrected chi connectivity index (χ4v) is 2.54. The van der Waals surface area contributed by atoms with Crippen molar-refractivity contribution in [2.75, 3.05) is 12.3 Å². The molecule has 1 aromatic rings. The lowest BCUT2D eigenvalue weighted by Crippen LogP contribution is -2.23. The van der Waals surface area contributed by atoms with Gasteiger partial charge in [0.25, 0.3) is 0 Å². The van der Waals surface area contributed by atoms with Gasteiger partial charge >= 0.3 is 0 Å². The van der Waals surface area contributed by atoms with Gasteiger partial charge in [0.05, 0.1) is 0 Å². The molecule has 2 heteroatoms. The van der Waals surface area contributed by atoms with Crippen LogP contribution >= 0.6 is 11.8 Å². The Balaban J connectivity index is 2.07. The van der Waals surface area contributed by atoms with E-state index in [4.69, 9.17) is 0 Å². The van der Waals surface area contributed by atoms with Crippen LogP contribution in [0.4, 0.5) is 0 Å². The average molecular weight is 237 g/mol. The molecule has 0 amide bonds. The van der Waals surface area contributed by atoms with E-state index in [9.17, 15) is 0 Å². The van der Waals surface area contributed by atoms with Gasteiger partial charge in [0, 0.05) is 10.9 Å². The van der Waals surface area contributed by atoms with Gasteiger partial charge in [-0.3, -0.25) is 0 Å². The van der Waals surface area contributed by atoms with Crippen LogP contribution in [-0.2, 0) is 0 Å². The third-order valence-corrected chi connectivity index (χ3v) is 3.46. The number of rotatable bonds is 7. The number of benzene rings is 1. The molecule has 0 heterocycles. The van der Waals surface area contributed by atoms with Crippen molar-refractivity contribution in [1.82, 2.24) is 5.32 Å². The Morgan fingerprint density at radius 3 is 2.75 bits per heavy atom. The van der Waals surface area contributed by atoms with Crippen LogP contribution in [0.2, 0.25) is 0 Å². The molecule has 16 heavy (non-hydrogen) atoms. The van der Waals surface area contributed by atoms with E-state index in [2.05, 4.69) is 50.4 Å². The highest BCUT2D eigenvalue weighted by Gasteiger charge is 1.95. The van der Waals surface area contributed by atoms with Gasteiger partial charge in [-0.25, -0.2) is 0 Å². The van der Waals surface area contributed by atoms with E-state index >= 15 is 0 Å². The summed E-state index contributed by atoms with van der Waals surface area (Å²) in [6.07, 6.45) is 2.56. The lowest BCUT2D eigenvalue weighted by atomic mass is 10.2. The molecule has 0 radical (unpaired) electrons. The van der Waals surface area contributed by atoms with Crippen molar-refractivity contribution in [3.05, 3.63) is 29.8 Å². The molecular weight excluding hydrogens is 214 g/mol. The maximum absolute atomic E-state index is 3.44. The van der Waals surface area contributed by atoms with Crippen molar-refractivity contribution in [3.63, 3.8) is 0 Å². The van der Waals surface area contributed by atoms with E-state index in [0.717, 1.165) is 6.54 Å². The Kier molecular flexibility index (Phi) is 6.58. The van der Waals surface area contributed by atoms with Crippen molar-refractivity contribution in [2.45, 2.75) is 44.6 Å². The maximum Gasteiger partial charge on any atom is 0.00745 e. The van der Waals surface area contributed by atoms with Crippen LogP contribution in [0, 0.1) is 6.92 Å². The number of hydrogen-bond donors (Lipinski definition) is 1. The molecule has 0 spiro atoms. The summed E-state index contributed by atoms with van der Waals surface area (Å²) in [7, 11) is 0. The van der Waals surface area contributed by atoms with Crippen molar-refractivity contribution in [1.29, 1.82) is 0 Å². The summed E-state index contributed by atoms with van der Waals surface area (Å²) < 4.78 is 0. The Morgan fingerprint density at radius 2 is 2.06 bits per heavy atom. The zero-order valence-corrected chi connectivity index (χ0v) is 11.4. The summed E-state index contributed by atoms with van der Waals surface area (Å²) in [6.45, 7) is 7.69. The number of aryl methyl sites for hydroxylation is 1. The molecule has 1 N–H and O–H groups in total. The molecule has 1 nitrogen and oxygen atoms in total. The Hall–Kier alpha value is -0.470. The topological polar surface area (TPSA) is 12.0 Å². The van der Waals surface area contributed by atoms with Gasteiger partial charge in [-0.05, 0) is 44.2 Å². The first-order chi connectivity index (χ1) is 7.68. The minimum atomic E-state index is 0.615. The SMILES string of the molecule is Cc1cccc(SCCCCNC(C)C)c1. The summed E-state index contributed by atoms with van der Waals surface area (Å²) in [5, 5.41) is 3.44. The summed E-state index contributed by atoms with van der Waals surface area (Å²) in [6, 6.07) is 9.36. The highest BCUT2D eigenvalue weighted by Crippen LogP contribution is 2.19. The lowest BCUT2D eigenvalue weighted by molar-refractivity contribution is 0.567. The standard InChI is InChI=1S/C14H23NS/c1-12(2)15-9-4-5-10-16-14-8-6-7-13(3)11-14/h6-8,11-12,15H,4-5,9-10H2,1-3H3. The van der Waals surface area contributed by atoms with Gasteiger partial charge in [0.2, 0.25) is 0 Å². The average Bonchev–Trinajstić information content (AvgIpc) is 2.23. The van der Waals surface area contributed by atoms with E-state index in [1.165, 1.54) is 29.1 Å². The molecule has 90 valence electrons. The molecule has 0 bridgehead atoms. The number of nitrogens with one attached hydrogen (secondary N) is 1. The largest absolute Gasteiger partial charge is 0.315 e. The van der Waals surface area contributed by atoms with E-state index in [-0.39, 0.29) is 0 Å². The molecule has 1 rings (SSSR count). The molecule has 0 aromatic heterocycles. The van der Waals surface area contributed by atoms with Crippen LogP contribution in [-0.4, -0.2) is 18.3 Å². The third-order valence-electron chi connectivity index (χ3n) is 2.38. The van der Waals surface area contributed by atoms with Crippen LogP contribution in [0.3, 0.4) is 0 Å². The van der Waals surface area contributed by atoms with Crippen LogP contribution in [0.25, 0.3) is 0 Å². The quantitative estimate of drug-likeness (QED) is 0.571. The zero-order valence-electron chi connectivity index (χ0n) is 10.6. The normalized spacial score (nSPS) is 11.0. The van der Waals surface area contributed by atoms with E-state index in [0.29, 0.717) is 6.04 Å². The predicted molar refractivity (Wildman–Crippen MR) is 74.3 cm³/mol. The van der Waals surface area contributed by atoms with Crippen LogP contribution in [0.15, 0.2) is 29.2 Å². The van der Waals surface area contributed by atoms with E-state index in [1.807, 2.05) is 11.8 Å². The van der Waals surface area contributed by atoms with Gasteiger partial charge in [-0.1, -0.05) is 31.5 Å². The number of hydrogen-bond acceptors (Lipinski definition) is 2. The lowest BCUT2D eigenvalue weighted by Gasteiger charge is -2.07.